The van der Waals surface area contributed by atoms with Gasteiger partial charge in [0.1, 0.15) is 5.30 Å². The van der Waals surface area contributed by atoms with Gasteiger partial charge in [-0.15, -0.1) is 0 Å². The molecule has 64 valence electrons. The Morgan fingerprint density at radius 3 is 2.17 bits per heavy atom. The van der Waals surface area contributed by atoms with Crippen LogP contribution in [0.1, 0.15) is 12.8 Å². The molecule has 1 heterocycles. The lowest BCUT2D eigenvalue weighted by molar-refractivity contribution is 0.617. The standard InChI is InChI=1S/C10H14OP/c11-12(8-4-5-9-12)10-6-2-1-3-7-10/h1-3,6-7,11H,4-5,8-9H2/q+1. The van der Waals surface area contributed by atoms with Crippen LogP contribution in [0.3, 0.4) is 0 Å². The first kappa shape index (κ1) is 8.22. The van der Waals surface area contributed by atoms with E-state index in [0.717, 1.165) is 12.3 Å². The molecule has 0 aromatic heterocycles. The van der Waals surface area contributed by atoms with E-state index < -0.39 is 7.49 Å². The van der Waals surface area contributed by atoms with E-state index in [1.807, 2.05) is 18.2 Å². The minimum atomic E-state index is -1.67. The summed E-state index contributed by atoms with van der Waals surface area (Å²) in [6.45, 7) is 0. The Balaban J connectivity index is 2.29. The van der Waals surface area contributed by atoms with Crippen LogP contribution in [-0.4, -0.2) is 17.2 Å². The second kappa shape index (κ2) is 3.16. The summed E-state index contributed by atoms with van der Waals surface area (Å²) < 4.78 is 0. The van der Waals surface area contributed by atoms with Crippen LogP contribution in [0, 0.1) is 0 Å². The molecule has 0 spiro atoms. The summed E-state index contributed by atoms with van der Waals surface area (Å²) in [6.07, 6.45) is 4.49. The maximum atomic E-state index is 10.3. The van der Waals surface area contributed by atoms with Crippen molar-refractivity contribution in [3.05, 3.63) is 30.3 Å². The van der Waals surface area contributed by atoms with Crippen LogP contribution < -0.4 is 5.30 Å². The molecule has 0 amide bonds. The van der Waals surface area contributed by atoms with Gasteiger partial charge in [0.05, 0.1) is 12.3 Å². The van der Waals surface area contributed by atoms with Crippen molar-refractivity contribution >= 4 is 12.8 Å². The zero-order valence-corrected chi connectivity index (χ0v) is 8.00. The molecule has 1 aliphatic rings. The summed E-state index contributed by atoms with van der Waals surface area (Å²) in [4.78, 5) is 10.3. The van der Waals surface area contributed by atoms with Crippen molar-refractivity contribution < 1.29 is 4.89 Å². The lowest BCUT2D eigenvalue weighted by Crippen LogP contribution is -2.11. The minimum Gasteiger partial charge on any atom is -0.246 e. The first-order chi connectivity index (χ1) is 5.81. The second-order valence-corrected chi connectivity index (χ2v) is 6.67. The van der Waals surface area contributed by atoms with Crippen molar-refractivity contribution in [1.29, 1.82) is 0 Å². The van der Waals surface area contributed by atoms with Crippen molar-refractivity contribution in [2.45, 2.75) is 12.8 Å². The predicted octanol–water partition coefficient (Wildman–Crippen LogP) is 2.03. The Hall–Kier alpha value is -0.390. The summed E-state index contributed by atoms with van der Waals surface area (Å²) >= 11 is 0. The van der Waals surface area contributed by atoms with Gasteiger partial charge in [0.2, 0.25) is 0 Å². The number of hydrogen-bond donors (Lipinski definition) is 1. The fraction of sp³-hybridized carbons (Fsp3) is 0.400. The largest absolute Gasteiger partial charge is 0.246 e. The van der Waals surface area contributed by atoms with E-state index in [0.29, 0.717) is 0 Å². The Morgan fingerprint density at radius 1 is 1.00 bits per heavy atom. The molecule has 1 fully saturated rings. The quantitative estimate of drug-likeness (QED) is 0.657. The molecule has 0 aliphatic carbocycles. The van der Waals surface area contributed by atoms with Gasteiger partial charge in [-0.3, -0.25) is 0 Å². The molecular weight excluding hydrogens is 167 g/mol. The molecule has 12 heavy (non-hydrogen) atoms. The third kappa shape index (κ3) is 1.39. The number of hydrogen-bond acceptors (Lipinski definition) is 1. The molecule has 1 aromatic rings. The van der Waals surface area contributed by atoms with Crippen molar-refractivity contribution in [3.63, 3.8) is 0 Å². The molecule has 1 N–H and O–H groups in total. The van der Waals surface area contributed by atoms with E-state index in [2.05, 4.69) is 12.1 Å². The maximum Gasteiger partial charge on any atom is 0.174 e. The van der Waals surface area contributed by atoms with Gasteiger partial charge in [0, 0.05) is 0 Å². The Labute approximate surface area is 73.9 Å². The summed E-state index contributed by atoms with van der Waals surface area (Å²) in [5.41, 5.74) is 0. The van der Waals surface area contributed by atoms with E-state index in [9.17, 15) is 4.89 Å². The van der Waals surface area contributed by atoms with Crippen LogP contribution in [0.25, 0.3) is 0 Å². The summed E-state index contributed by atoms with van der Waals surface area (Å²) in [5.74, 6) is 0. The van der Waals surface area contributed by atoms with Crippen LogP contribution in [0.15, 0.2) is 30.3 Å². The Morgan fingerprint density at radius 2 is 1.58 bits per heavy atom. The third-order valence-electron chi connectivity index (χ3n) is 2.54. The maximum absolute atomic E-state index is 10.3. The van der Waals surface area contributed by atoms with Crippen molar-refractivity contribution in [2.24, 2.45) is 0 Å². The average molecular weight is 181 g/mol. The predicted molar refractivity (Wildman–Crippen MR) is 54.2 cm³/mol. The molecule has 2 rings (SSSR count). The first-order valence-electron chi connectivity index (χ1n) is 4.47. The molecular formula is C10H14OP+. The van der Waals surface area contributed by atoms with Gasteiger partial charge in [-0.1, -0.05) is 18.2 Å². The van der Waals surface area contributed by atoms with Crippen LogP contribution in [0.5, 0.6) is 0 Å². The highest BCUT2D eigenvalue weighted by atomic mass is 31.2. The lowest BCUT2D eigenvalue weighted by atomic mass is 10.4. The van der Waals surface area contributed by atoms with E-state index >= 15 is 0 Å². The third-order valence-corrected chi connectivity index (χ3v) is 5.91. The van der Waals surface area contributed by atoms with Gasteiger partial charge in [0.25, 0.3) is 0 Å². The first-order valence-corrected chi connectivity index (χ1v) is 6.58. The van der Waals surface area contributed by atoms with E-state index in [4.69, 9.17) is 0 Å². The van der Waals surface area contributed by atoms with Crippen molar-refractivity contribution in [2.75, 3.05) is 12.3 Å². The highest BCUT2D eigenvalue weighted by Gasteiger charge is 2.41. The van der Waals surface area contributed by atoms with Gasteiger partial charge in [-0.25, -0.2) is 4.89 Å². The van der Waals surface area contributed by atoms with Crippen molar-refractivity contribution in [1.82, 2.24) is 0 Å². The highest BCUT2D eigenvalue weighted by Crippen LogP contribution is 2.58. The zero-order chi connectivity index (χ0) is 8.44. The average Bonchev–Trinajstić information content (AvgIpc) is 2.55. The van der Waals surface area contributed by atoms with Crippen LogP contribution >= 0.6 is 7.49 Å². The van der Waals surface area contributed by atoms with Gasteiger partial charge in [-0.05, 0) is 25.0 Å². The molecule has 1 nitrogen and oxygen atoms in total. The fourth-order valence-electron chi connectivity index (χ4n) is 1.82. The molecule has 0 saturated carbocycles. The van der Waals surface area contributed by atoms with Crippen LogP contribution in [0.4, 0.5) is 0 Å². The van der Waals surface area contributed by atoms with E-state index in [1.165, 1.54) is 18.1 Å². The highest BCUT2D eigenvalue weighted by molar-refractivity contribution is 7.78. The number of benzene rings is 1. The van der Waals surface area contributed by atoms with E-state index in [-0.39, 0.29) is 0 Å². The van der Waals surface area contributed by atoms with E-state index in [1.54, 1.807) is 0 Å². The molecule has 0 radical (unpaired) electrons. The number of rotatable bonds is 1. The smallest absolute Gasteiger partial charge is 0.174 e. The minimum absolute atomic E-state index is 1.04. The Bertz CT molecular complexity index is 252. The molecule has 1 aliphatic heterocycles. The second-order valence-electron chi connectivity index (χ2n) is 3.41. The molecule has 2 heteroatoms. The normalized spacial score (nSPS) is 21.1. The lowest BCUT2D eigenvalue weighted by Gasteiger charge is -2.12. The molecule has 0 unspecified atom stereocenters. The van der Waals surface area contributed by atoms with Gasteiger partial charge in [0.15, 0.2) is 7.49 Å². The molecule has 0 atom stereocenters. The van der Waals surface area contributed by atoms with Gasteiger partial charge in [-0.2, -0.15) is 0 Å². The summed E-state index contributed by atoms with van der Waals surface area (Å²) in [7, 11) is -1.67. The van der Waals surface area contributed by atoms with Crippen molar-refractivity contribution in [3.8, 4) is 0 Å². The van der Waals surface area contributed by atoms with Crippen LogP contribution in [-0.2, 0) is 0 Å². The molecule has 1 aromatic carbocycles. The topological polar surface area (TPSA) is 20.2 Å². The van der Waals surface area contributed by atoms with Crippen LogP contribution in [0.2, 0.25) is 0 Å². The van der Waals surface area contributed by atoms with Gasteiger partial charge >= 0.3 is 0 Å². The summed E-state index contributed by atoms with van der Waals surface area (Å²) in [6, 6.07) is 10.2. The zero-order valence-electron chi connectivity index (χ0n) is 7.11. The SMILES string of the molecule is O[P+]1(c2ccccc2)CCCC1. The fourth-order valence-corrected chi connectivity index (χ4v) is 4.78. The molecule has 0 bridgehead atoms. The molecule has 1 saturated heterocycles. The monoisotopic (exact) mass is 181 g/mol. The van der Waals surface area contributed by atoms with Gasteiger partial charge < -0.3 is 0 Å². The Kier molecular flexibility index (Phi) is 2.16. The summed E-state index contributed by atoms with van der Waals surface area (Å²) in [5, 5.41) is 1.20.